The summed E-state index contributed by atoms with van der Waals surface area (Å²) in [6.45, 7) is 4.32. The minimum Gasteiger partial charge on any atom is -0.478 e. The Balaban J connectivity index is 3.70. The number of aliphatic carboxylic acids is 1. The summed E-state index contributed by atoms with van der Waals surface area (Å²) >= 11 is 0. The highest BCUT2D eigenvalue weighted by molar-refractivity contribution is 5.80. The molecule has 1 atom stereocenters. The van der Waals surface area contributed by atoms with Crippen molar-refractivity contribution in [1.29, 1.82) is 0 Å². The maximum absolute atomic E-state index is 12.2. The molecular weight excluding hydrogens is 562 g/mol. The van der Waals surface area contributed by atoms with E-state index in [4.69, 9.17) is 4.74 Å². The Labute approximate surface area is 277 Å². The van der Waals surface area contributed by atoms with E-state index in [1.165, 1.54) is 96.3 Å². The van der Waals surface area contributed by atoms with Crippen LogP contribution in [0.25, 0.3) is 0 Å². The molecule has 0 bridgehead atoms. The van der Waals surface area contributed by atoms with Crippen molar-refractivity contribution in [1.82, 2.24) is 5.32 Å². The summed E-state index contributed by atoms with van der Waals surface area (Å²) in [5, 5.41) is 12.0. The van der Waals surface area contributed by atoms with Gasteiger partial charge in [0.2, 0.25) is 12.0 Å². The van der Waals surface area contributed by atoms with Crippen molar-refractivity contribution in [3.8, 4) is 0 Å². The molecular formula is C39H71NO5. The maximum atomic E-state index is 12.2. The number of hydrogen-bond donors (Lipinski definition) is 2. The molecule has 0 rings (SSSR count). The van der Waals surface area contributed by atoms with Crippen LogP contribution in [-0.2, 0) is 19.1 Å². The number of carboxylic acids is 1. The number of allylic oxidation sites excluding steroid dienone is 4. The Morgan fingerprint density at radius 2 is 0.889 bits per heavy atom. The highest BCUT2D eigenvalue weighted by Crippen LogP contribution is 2.12. The summed E-state index contributed by atoms with van der Waals surface area (Å²) in [4.78, 5) is 35.8. The second kappa shape index (κ2) is 34.8. The van der Waals surface area contributed by atoms with Crippen LogP contribution in [0.2, 0.25) is 0 Å². The lowest BCUT2D eigenvalue weighted by Crippen LogP contribution is -2.39. The number of amides is 1. The number of carbonyl (C=O) groups excluding carboxylic acids is 2. The molecule has 0 fully saturated rings. The minimum atomic E-state index is -1.33. The lowest BCUT2D eigenvalue weighted by molar-refractivity contribution is -0.164. The first-order valence-electron chi connectivity index (χ1n) is 19.0. The third-order valence-corrected chi connectivity index (χ3v) is 8.34. The molecule has 6 nitrogen and oxygen atoms in total. The van der Waals surface area contributed by atoms with Crippen LogP contribution >= 0.6 is 0 Å². The topological polar surface area (TPSA) is 92.7 Å². The summed E-state index contributed by atoms with van der Waals surface area (Å²) < 4.78 is 5.14. The molecule has 0 saturated carbocycles. The van der Waals surface area contributed by atoms with Gasteiger partial charge in [-0.3, -0.25) is 9.59 Å². The van der Waals surface area contributed by atoms with Crippen LogP contribution in [0.1, 0.15) is 194 Å². The normalized spacial score (nSPS) is 12.2. The number of esters is 1. The molecule has 2 N–H and O–H groups in total. The third-order valence-electron chi connectivity index (χ3n) is 8.34. The van der Waals surface area contributed by atoms with Gasteiger partial charge in [0.15, 0.2) is 0 Å². The Hall–Kier alpha value is -2.11. The molecule has 0 aliphatic heterocycles. The Kier molecular flexibility index (Phi) is 33.1. The maximum Gasteiger partial charge on any atom is 0.346 e. The number of carboxylic acid groups (broad SMARTS) is 1. The van der Waals surface area contributed by atoms with E-state index in [2.05, 4.69) is 43.5 Å². The average Bonchev–Trinajstić information content (AvgIpc) is 3.02. The van der Waals surface area contributed by atoms with Crippen molar-refractivity contribution < 1.29 is 24.2 Å². The fourth-order valence-electron chi connectivity index (χ4n) is 5.39. The summed E-state index contributed by atoms with van der Waals surface area (Å²) in [6.07, 6.45) is 39.4. The van der Waals surface area contributed by atoms with Gasteiger partial charge in [0, 0.05) is 12.8 Å². The monoisotopic (exact) mass is 634 g/mol. The summed E-state index contributed by atoms with van der Waals surface area (Å²) in [7, 11) is 0. The largest absolute Gasteiger partial charge is 0.478 e. The second-order valence-electron chi connectivity index (χ2n) is 12.8. The highest BCUT2D eigenvalue weighted by Gasteiger charge is 2.22. The van der Waals surface area contributed by atoms with Crippen LogP contribution in [-0.4, -0.2) is 35.6 Å². The SMILES string of the molecule is CCCCCCCCC=CCCCCCCCC(=O)NCC(OC(=O)CCCCCCCC=CCCCCCCCC)C(=O)O. The molecule has 0 aromatic heterocycles. The first-order valence-corrected chi connectivity index (χ1v) is 19.0. The van der Waals surface area contributed by atoms with Crippen LogP contribution in [0.15, 0.2) is 24.3 Å². The molecule has 1 unspecified atom stereocenters. The fraction of sp³-hybridized carbons (Fsp3) is 0.821. The molecule has 0 aromatic carbocycles. The zero-order valence-electron chi connectivity index (χ0n) is 29.5. The van der Waals surface area contributed by atoms with Crippen LogP contribution < -0.4 is 5.32 Å². The average molecular weight is 634 g/mol. The van der Waals surface area contributed by atoms with Crippen LogP contribution in [0.5, 0.6) is 0 Å². The molecule has 0 aliphatic carbocycles. The van der Waals surface area contributed by atoms with Crippen LogP contribution in [0, 0.1) is 0 Å². The number of rotatable bonds is 34. The summed E-state index contributed by atoms with van der Waals surface area (Å²) in [5.41, 5.74) is 0. The second-order valence-corrected chi connectivity index (χ2v) is 12.8. The molecule has 1 amide bonds. The zero-order valence-corrected chi connectivity index (χ0v) is 29.5. The number of hydrogen-bond acceptors (Lipinski definition) is 4. The van der Waals surface area contributed by atoms with Gasteiger partial charge in [-0.25, -0.2) is 4.79 Å². The number of unbranched alkanes of at least 4 members (excludes halogenated alkanes) is 22. The fourth-order valence-corrected chi connectivity index (χ4v) is 5.39. The van der Waals surface area contributed by atoms with Gasteiger partial charge >= 0.3 is 11.9 Å². The third kappa shape index (κ3) is 33.1. The molecule has 0 heterocycles. The number of carbonyl (C=O) groups is 3. The molecule has 6 heteroatoms. The molecule has 0 radical (unpaired) electrons. The zero-order chi connectivity index (χ0) is 33.1. The Morgan fingerprint density at radius 1 is 0.533 bits per heavy atom. The predicted molar refractivity (Wildman–Crippen MR) is 189 cm³/mol. The molecule has 262 valence electrons. The van der Waals surface area contributed by atoms with E-state index in [0.29, 0.717) is 12.8 Å². The van der Waals surface area contributed by atoms with Crippen molar-refractivity contribution >= 4 is 17.8 Å². The van der Waals surface area contributed by atoms with E-state index >= 15 is 0 Å². The van der Waals surface area contributed by atoms with Gasteiger partial charge in [0.1, 0.15) is 0 Å². The Morgan fingerprint density at radius 3 is 1.29 bits per heavy atom. The van der Waals surface area contributed by atoms with Gasteiger partial charge in [0.05, 0.1) is 6.54 Å². The van der Waals surface area contributed by atoms with E-state index in [9.17, 15) is 19.5 Å². The predicted octanol–water partition coefficient (Wildman–Crippen LogP) is 11.2. The van der Waals surface area contributed by atoms with Crippen LogP contribution in [0.4, 0.5) is 0 Å². The van der Waals surface area contributed by atoms with E-state index < -0.39 is 18.0 Å². The van der Waals surface area contributed by atoms with Crippen molar-refractivity contribution in [2.45, 2.75) is 200 Å². The van der Waals surface area contributed by atoms with Crippen molar-refractivity contribution in [2.75, 3.05) is 6.54 Å². The van der Waals surface area contributed by atoms with Gasteiger partial charge < -0.3 is 15.2 Å². The summed E-state index contributed by atoms with van der Waals surface area (Å²) in [6, 6.07) is 0. The number of ether oxygens (including phenoxy) is 1. The van der Waals surface area contributed by atoms with Crippen molar-refractivity contribution in [3.05, 3.63) is 24.3 Å². The highest BCUT2D eigenvalue weighted by atomic mass is 16.6. The standard InChI is InChI=1S/C39H71NO5/c1-3-5-7-9-11-13-15-17-19-21-23-25-27-29-31-33-37(41)40-35-36(39(43)44)45-38(42)34-32-30-28-26-24-22-20-18-16-14-12-10-8-6-4-2/h17-20,36H,3-16,21-35H2,1-2H3,(H,40,41)(H,43,44). The smallest absolute Gasteiger partial charge is 0.346 e. The molecule has 0 saturated heterocycles. The van der Waals surface area contributed by atoms with Gasteiger partial charge in [-0.05, 0) is 64.2 Å². The van der Waals surface area contributed by atoms with E-state index in [1.54, 1.807) is 0 Å². The lowest BCUT2D eigenvalue weighted by Gasteiger charge is -2.14. The molecule has 0 aromatic rings. The lowest BCUT2D eigenvalue weighted by atomic mass is 10.1. The first-order chi connectivity index (χ1) is 22.0. The minimum absolute atomic E-state index is 0.183. The number of nitrogens with one attached hydrogen (secondary N) is 1. The van der Waals surface area contributed by atoms with Gasteiger partial charge in [-0.15, -0.1) is 0 Å². The molecule has 0 spiro atoms. The van der Waals surface area contributed by atoms with Crippen LogP contribution in [0.3, 0.4) is 0 Å². The first kappa shape index (κ1) is 42.9. The van der Waals surface area contributed by atoms with E-state index in [1.807, 2.05) is 0 Å². The summed E-state index contributed by atoms with van der Waals surface area (Å²) in [5.74, 6) is -1.92. The van der Waals surface area contributed by atoms with Crippen molar-refractivity contribution in [3.63, 3.8) is 0 Å². The van der Waals surface area contributed by atoms with E-state index in [-0.39, 0.29) is 18.9 Å². The van der Waals surface area contributed by atoms with Gasteiger partial charge in [0.25, 0.3) is 0 Å². The Bertz CT molecular complexity index is 748. The van der Waals surface area contributed by atoms with Gasteiger partial charge in [-0.2, -0.15) is 0 Å². The van der Waals surface area contributed by atoms with Gasteiger partial charge in [-0.1, -0.05) is 141 Å². The molecule has 45 heavy (non-hydrogen) atoms. The van der Waals surface area contributed by atoms with Crippen molar-refractivity contribution in [2.24, 2.45) is 0 Å². The molecule has 0 aliphatic rings. The van der Waals surface area contributed by atoms with E-state index in [0.717, 1.165) is 64.2 Å². The quantitative estimate of drug-likeness (QED) is 0.0418.